The average molecular weight is 379 g/mol. The smallest absolute Gasteiger partial charge is 0.123 e. The van der Waals surface area contributed by atoms with E-state index >= 15 is 0 Å². The molecule has 3 aromatic rings. The summed E-state index contributed by atoms with van der Waals surface area (Å²) in [5, 5.41) is 10.4. The van der Waals surface area contributed by atoms with E-state index in [1.807, 2.05) is 57.6 Å². The molecule has 0 saturated carbocycles. The average Bonchev–Trinajstić information content (AvgIpc) is 3.15. The van der Waals surface area contributed by atoms with Gasteiger partial charge in [0.05, 0.1) is 12.4 Å². The number of rotatable bonds is 6. The van der Waals surface area contributed by atoms with Crippen LogP contribution in [0.4, 0.5) is 0 Å². The van der Waals surface area contributed by atoms with E-state index in [2.05, 4.69) is 35.5 Å². The molecule has 0 amide bonds. The van der Waals surface area contributed by atoms with Gasteiger partial charge in [-0.15, -0.1) is 0 Å². The van der Waals surface area contributed by atoms with Crippen molar-refractivity contribution in [2.45, 2.75) is 53.9 Å². The van der Waals surface area contributed by atoms with Crippen LogP contribution >= 0.6 is 0 Å². The van der Waals surface area contributed by atoms with Gasteiger partial charge < -0.3 is 14.4 Å². The second kappa shape index (κ2) is 8.19. The van der Waals surface area contributed by atoms with Crippen LogP contribution in [0, 0.1) is 19.3 Å². The first-order valence-corrected chi connectivity index (χ1v) is 9.69. The maximum atomic E-state index is 10.4. The fraction of sp³-hybridized carbons (Fsp3) is 0.375. The number of imidazole rings is 1. The van der Waals surface area contributed by atoms with Crippen molar-refractivity contribution in [2.75, 3.05) is 0 Å². The Balaban J connectivity index is 1.66. The zero-order valence-corrected chi connectivity index (χ0v) is 17.4. The number of aliphatic hydroxyl groups excluding tert-OH is 1. The van der Waals surface area contributed by atoms with Crippen molar-refractivity contribution < 1.29 is 9.84 Å². The van der Waals surface area contributed by atoms with E-state index in [1.54, 1.807) is 6.20 Å². The Labute approximate surface area is 167 Å². The van der Waals surface area contributed by atoms with Crippen LogP contribution in [0.5, 0.6) is 5.75 Å². The minimum absolute atomic E-state index is 0.175. The highest BCUT2D eigenvalue weighted by Crippen LogP contribution is 2.32. The molecule has 2 aromatic carbocycles. The lowest BCUT2D eigenvalue weighted by atomic mass is 9.85. The summed E-state index contributed by atoms with van der Waals surface area (Å²) in [6.07, 6.45) is 5.13. The number of benzene rings is 2. The first-order chi connectivity index (χ1) is 13.2. The number of hydrogen-bond donors (Lipinski definition) is 1. The SMILES string of the molecule is Cc1cc(OCc2ccc(C(O)C(C)(C)C)cc2)c(C)cc1Cn1ccnc1. The molecule has 1 N–H and O–H groups in total. The molecular weight excluding hydrogens is 348 g/mol. The molecule has 0 bridgehead atoms. The number of aryl methyl sites for hydroxylation is 2. The van der Waals surface area contributed by atoms with Gasteiger partial charge in [-0.25, -0.2) is 4.98 Å². The van der Waals surface area contributed by atoms with Crippen LogP contribution < -0.4 is 4.74 Å². The number of ether oxygens (including phenoxy) is 1. The van der Waals surface area contributed by atoms with Gasteiger partial charge in [0.25, 0.3) is 0 Å². The molecule has 1 unspecified atom stereocenters. The van der Waals surface area contributed by atoms with Gasteiger partial charge in [0.2, 0.25) is 0 Å². The van der Waals surface area contributed by atoms with Gasteiger partial charge in [-0.05, 0) is 53.1 Å². The van der Waals surface area contributed by atoms with Crippen LogP contribution in [-0.4, -0.2) is 14.7 Å². The normalized spacial score (nSPS) is 12.8. The van der Waals surface area contributed by atoms with Crippen LogP contribution in [-0.2, 0) is 13.2 Å². The van der Waals surface area contributed by atoms with E-state index in [0.29, 0.717) is 6.61 Å². The topological polar surface area (TPSA) is 47.3 Å². The molecular formula is C24H30N2O2. The summed E-state index contributed by atoms with van der Waals surface area (Å²) in [5.41, 5.74) is 5.45. The summed E-state index contributed by atoms with van der Waals surface area (Å²) >= 11 is 0. The summed E-state index contributed by atoms with van der Waals surface area (Å²) < 4.78 is 8.15. The van der Waals surface area contributed by atoms with Crippen LogP contribution in [0.15, 0.2) is 55.1 Å². The fourth-order valence-corrected chi connectivity index (χ4v) is 3.21. The van der Waals surface area contributed by atoms with Crippen molar-refractivity contribution in [2.24, 2.45) is 5.41 Å². The first kappa shape index (κ1) is 20.2. The molecule has 0 aliphatic heterocycles. The largest absolute Gasteiger partial charge is 0.489 e. The highest BCUT2D eigenvalue weighted by atomic mass is 16.5. The lowest BCUT2D eigenvalue weighted by Gasteiger charge is -2.26. The third-order valence-corrected chi connectivity index (χ3v) is 5.06. The monoisotopic (exact) mass is 378 g/mol. The highest BCUT2D eigenvalue weighted by Gasteiger charge is 2.23. The van der Waals surface area contributed by atoms with Gasteiger partial charge in [-0.3, -0.25) is 0 Å². The fourth-order valence-electron chi connectivity index (χ4n) is 3.21. The number of nitrogens with zero attached hydrogens (tertiary/aromatic N) is 2. The molecule has 0 fully saturated rings. The number of aromatic nitrogens is 2. The molecule has 1 atom stereocenters. The highest BCUT2D eigenvalue weighted by molar-refractivity contribution is 5.42. The Bertz CT molecular complexity index is 907. The molecule has 0 aliphatic carbocycles. The molecule has 4 heteroatoms. The maximum Gasteiger partial charge on any atom is 0.123 e. The Morgan fingerprint density at radius 3 is 2.39 bits per heavy atom. The van der Waals surface area contributed by atoms with Gasteiger partial charge in [0, 0.05) is 18.9 Å². The number of aliphatic hydroxyl groups is 1. The van der Waals surface area contributed by atoms with E-state index in [1.165, 1.54) is 11.1 Å². The lowest BCUT2D eigenvalue weighted by Crippen LogP contribution is -2.17. The molecule has 0 radical (unpaired) electrons. The molecule has 0 aliphatic rings. The van der Waals surface area contributed by atoms with E-state index in [0.717, 1.165) is 29.0 Å². The molecule has 1 aromatic heterocycles. The Hall–Kier alpha value is -2.59. The zero-order chi connectivity index (χ0) is 20.3. The van der Waals surface area contributed by atoms with Crippen molar-refractivity contribution >= 4 is 0 Å². The molecule has 4 nitrogen and oxygen atoms in total. The quantitative estimate of drug-likeness (QED) is 0.641. The van der Waals surface area contributed by atoms with Gasteiger partial charge >= 0.3 is 0 Å². The first-order valence-electron chi connectivity index (χ1n) is 9.69. The minimum atomic E-state index is -0.476. The standard InChI is InChI=1S/C24H30N2O2/c1-17-13-22(18(2)12-21(17)14-26-11-10-25-16-26)28-15-19-6-8-20(9-7-19)23(27)24(3,4)5/h6-13,16,23,27H,14-15H2,1-5H3. The van der Waals surface area contributed by atoms with Crippen molar-refractivity contribution in [3.8, 4) is 5.75 Å². The Kier molecular flexibility index (Phi) is 5.90. The zero-order valence-electron chi connectivity index (χ0n) is 17.4. The Morgan fingerprint density at radius 2 is 1.79 bits per heavy atom. The van der Waals surface area contributed by atoms with Gasteiger partial charge in [-0.1, -0.05) is 51.1 Å². The summed E-state index contributed by atoms with van der Waals surface area (Å²) in [5.74, 6) is 0.908. The summed E-state index contributed by atoms with van der Waals surface area (Å²) in [6, 6.07) is 12.3. The maximum absolute atomic E-state index is 10.4. The summed E-state index contributed by atoms with van der Waals surface area (Å²) in [4.78, 5) is 4.10. The number of hydrogen-bond acceptors (Lipinski definition) is 3. The van der Waals surface area contributed by atoms with Crippen LogP contribution in [0.25, 0.3) is 0 Å². The molecule has 28 heavy (non-hydrogen) atoms. The Morgan fingerprint density at radius 1 is 1.07 bits per heavy atom. The van der Waals surface area contributed by atoms with Crippen LogP contribution in [0.2, 0.25) is 0 Å². The second-order valence-electron chi connectivity index (χ2n) is 8.58. The molecule has 1 heterocycles. The van der Waals surface area contributed by atoms with Crippen molar-refractivity contribution in [3.63, 3.8) is 0 Å². The van der Waals surface area contributed by atoms with E-state index in [4.69, 9.17) is 4.74 Å². The van der Waals surface area contributed by atoms with Crippen LogP contribution in [0.3, 0.4) is 0 Å². The van der Waals surface area contributed by atoms with Crippen molar-refractivity contribution in [1.29, 1.82) is 0 Å². The molecule has 0 saturated heterocycles. The predicted octanol–water partition coefficient (Wildman–Crippen LogP) is 5.21. The molecule has 0 spiro atoms. The third kappa shape index (κ3) is 4.82. The predicted molar refractivity (Wildman–Crippen MR) is 112 cm³/mol. The third-order valence-electron chi connectivity index (χ3n) is 5.06. The second-order valence-corrected chi connectivity index (χ2v) is 8.58. The van der Waals surface area contributed by atoms with E-state index in [9.17, 15) is 5.11 Å². The van der Waals surface area contributed by atoms with Gasteiger partial charge in [-0.2, -0.15) is 0 Å². The van der Waals surface area contributed by atoms with Gasteiger partial charge in [0.15, 0.2) is 0 Å². The minimum Gasteiger partial charge on any atom is -0.489 e. The van der Waals surface area contributed by atoms with Crippen molar-refractivity contribution in [3.05, 3.63) is 82.9 Å². The summed E-state index contributed by atoms with van der Waals surface area (Å²) in [6.45, 7) is 11.6. The molecule has 148 valence electrons. The van der Waals surface area contributed by atoms with Crippen LogP contribution in [0.1, 0.15) is 54.7 Å². The van der Waals surface area contributed by atoms with Crippen molar-refractivity contribution in [1.82, 2.24) is 9.55 Å². The van der Waals surface area contributed by atoms with E-state index < -0.39 is 6.10 Å². The molecule has 3 rings (SSSR count). The van der Waals surface area contributed by atoms with E-state index in [-0.39, 0.29) is 5.41 Å². The van der Waals surface area contributed by atoms with Gasteiger partial charge in [0.1, 0.15) is 12.4 Å². The summed E-state index contributed by atoms with van der Waals surface area (Å²) in [7, 11) is 0. The lowest BCUT2D eigenvalue weighted by molar-refractivity contribution is 0.0626.